The molecule has 1 aromatic rings. The molecule has 18 heavy (non-hydrogen) atoms. The van der Waals surface area contributed by atoms with Crippen molar-refractivity contribution in [2.24, 2.45) is 13.0 Å². The molecule has 1 saturated carbocycles. The Kier molecular flexibility index (Phi) is 4.01. The molecule has 0 aromatic carbocycles. The van der Waals surface area contributed by atoms with Crippen LogP contribution < -0.4 is 5.32 Å². The van der Waals surface area contributed by atoms with Gasteiger partial charge in [0.2, 0.25) is 5.91 Å². The van der Waals surface area contributed by atoms with Crippen molar-refractivity contribution < 1.29 is 4.79 Å². The highest BCUT2D eigenvalue weighted by atomic mass is 16.2. The lowest BCUT2D eigenvalue weighted by Crippen LogP contribution is -2.40. The Morgan fingerprint density at radius 3 is 2.89 bits per heavy atom. The van der Waals surface area contributed by atoms with Crippen molar-refractivity contribution in [3.8, 4) is 0 Å². The fraction of sp³-hybridized carbons (Fsp3) is 0.692. The zero-order valence-corrected chi connectivity index (χ0v) is 11.4. The SMILES string of the molecule is CNCC(C)C(=O)N(Cc1nccn1C)C1CC1. The summed E-state index contributed by atoms with van der Waals surface area (Å²) in [6.07, 6.45) is 5.95. The van der Waals surface area contributed by atoms with E-state index in [2.05, 4.69) is 10.3 Å². The molecule has 5 heteroatoms. The molecule has 0 aliphatic heterocycles. The summed E-state index contributed by atoms with van der Waals surface area (Å²) in [4.78, 5) is 18.7. The average molecular weight is 250 g/mol. The van der Waals surface area contributed by atoms with Gasteiger partial charge in [0.15, 0.2) is 0 Å². The molecule has 1 aliphatic carbocycles. The molecule has 1 fully saturated rings. The first-order chi connectivity index (χ1) is 8.63. The highest BCUT2D eigenvalue weighted by Crippen LogP contribution is 2.29. The van der Waals surface area contributed by atoms with E-state index in [4.69, 9.17) is 0 Å². The van der Waals surface area contributed by atoms with Gasteiger partial charge in [-0.25, -0.2) is 4.98 Å². The monoisotopic (exact) mass is 250 g/mol. The second kappa shape index (κ2) is 5.52. The van der Waals surface area contributed by atoms with Crippen LogP contribution in [0.1, 0.15) is 25.6 Å². The summed E-state index contributed by atoms with van der Waals surface area (Å²) in [6, 6.07) is 0.425. The van der Waals surface area contributed by atoms with Gasteiger partial charge in [-0.1, -0.05) is 6.92 Å². The predicted molar refractivity (Wildman–Crippen MR) is 69.9 cm³/mol. The van der Waals surface area contributed by atoms with Crippen molar-refractivity contribution >= 4 is 5.91 Å². The number of nitrogens with one attached hydrogen (secondary N) is 1. The molecular formula is C13H22N4O. The zero-order valence-electron chi connectivity index (χ0n) is 11.4. The molecular weight excluding hydrogens is 228 g/mol. The number of imidazole rings is 1. The van der Waals surface area contributed by atoms with E-state index in [1.54, 1.807) is 6.20 Å². The van der Waals surface area contributed by atoms with Crippen LogP contribution in [0.5, 0.6) is 0 Å². The number of rotatable bonds is 6. The minimum absolute atomic E-state index is 0.0240. The van der Waals surface area contributed by atoms with Gasteiger partial charge in [-0.3, -0.25) is 4.79 Å². The van der Waals surface area contributed by atoms with Crippen molar-refractivity contribution in [1.29, 1.82) is 0 Å². The van der Waals surface area contributed by atoms with E-state index in [1.165, 1.54) is 0 Å². The first kappa shape index (κ1) is 13.1. The molecule has 0 bridgehead atoms. The van der Waals surface area contributed by atoms with Crippen molar-refractivity contribution in [1.82, 2.24) is 19.8 Å². The maximum atomic E-state index is 12.4. The average Bonchev–Trinajstić information content (AvgIpc) is 3.10. The van der Waals surface area contributed by atoms with Crippen molar-refractivity contribution in [2.75, 3.05) is 13.6 Å². The van der Waals surface area contributed by atoms with Crippen molar-refractivity contribution in [2.45, 2.75) is 32.4 Å². The third-order valence-electron chi connectivity index (χ3n) is 3.44. The van der Waals surface area contributed by atoms with Crippen LogP contribution >= 0.6 is 0 Å². The number of carbonyl (C=O) groups is 1. The number of nitrogens with zero attached hydrogens (tertiary/aromatic N) is 3. The first-order valence-electron chi connectivity index (χ1n) is 6.54. The molecule has 2 rings (SSSR count). The maximum absolute atomic E-state index is 12.4. The van der Waals surface area contributed by atoms with Crippen molar-refractivity contribution in [3.05, 3.63) is 18.2 Å². The Balaban J connectivity index is 2.04. The molecule has 1 atom stereocenters. The van der Waals surface area contributed by atoms with E-state index in [1.807, 2.05) is 36.7 Å². The van der Waals surface area contributed by atoms with Crippen LogP contribution in [-0.2, 0) is 18.4 Å². The van der Waals surface area contributed by atoms with Crippen LogP contribution in [0.25, 0.3) is 0 Å². The number of hydrogen-bond donors (Lipinski definition) is 1. The van der Waals surface area contributed by atoms with Crippen LogP contribution in [-0.4, -0.2) is 40.0 Å². The van der Waals surface area contributed by atoms with Crippen LogP contribution in [0, 0.1) is 5.92 Å². The van der Waals surface area contributed by atoms with Gasteiger partial charge in [0, 0.05) is 37.9 Å². The Bertz CT molecular complexity index is 411. The summed E-state index contributed by atoms with van der Waals surface area (Å²) >= 11 is 0. The minimum Gasteiger partial charge on any atom is -0.337 e. The highest BCUT2D eigenvalue weighted by molar-refractivity contribution is 5.79. The Labute approximate surface area is 108 Å². The lowest BCUT2D eigenvalue weighted by molar-refractivity contribution is -0.136. The molecule has 0 radical (unpaired) electrons. The smallest absolute Gasteiger partial charge is 0.227 e. The number of amides is 1. The molecule has 0 spiro atoms. The Morgan fingerprint density at radius 1 is 1.67 bits per heavy atom. The number of carbonyl (C=O) groups excluding carboxylic acids is 1. The van der Waals surface area contributed by atoms with Gasteiger partial charge in [0.25, 0.3) is 0 Å². The van der Waals surface area contributed by atoms with E-state index in [0.717, 1.165) is 25.2 Å². The van der Waals surface area contributed by atoms with E-state index in [9.17, 15) is 4.79 Å². The van der Waals surface area contributed by atoms with Crippen LogP contribution in [0.2, 0.25) is 0 Å². The topological polar surface area (TPSA) is 50.2 Å². The summed E-state index contributed by atoms with van der Waals surface area (Å²) in [5.74, 6) is 1.21. The van der Waals surface area contributed by atoms with Crippen LogP contribution in [0.3, 0.4) is 0 Å². The normalized spacial score (nSPS) is 16.6. The molecule has 1 unspecified atom stereocenters. The highest BCUT2D eigenvalue weighted by Gasteiger charge is 2.34. The Morgan fingerprint density at radius 2 is 2.39 bits per heavy atom. The third-order valence-corrected chi connectivity index (χ3v) is 3.44. The van der Waals surface area contributed by atoms with Crippen molar-refractivity contribution in [3.63, 3.8) is 0 Å². The van der Waals surface area contributed by atoms with Gasteiger partial charge in [-0.15, -0.1) is 0 Å². The zero-order chi connectivity index (χ0) is 13.1. The van der Waals surface area contributed by atoms with Gasteiger partial charge >= 0.3 is 0 Å². The summed E-state index contributed by atoms with van der Waals surface area (Å²) in [5.41, 5.74) is 0. The molecule has 100 valence electrons. The molecule has 1 aromatic heterocycles. The minimum atomic E-state index is 0.0240. The van der Waals surface area contributed by atoms with Gasteiger partial charge in [0.1, 0.15) is 5.82 Å². The quantitative estimate of drug-likeness (QED) is 0.811. The second-order valence-electron chi connectivity index (χ2n) is 5.11. The standard InChI is InChI=1S/C13H22N4O/c1-10(8-14-2)13(18)17(11-4-5-11)9-12-15-6-7-16(12)3/h6-7,10-11,14H,4-5,8-9H2,1-3H3. The fourth-order valence-electron chi connectivity index (χ4n) is 2.15. The fourth-order valence-corrected chi connectivity index (χ4v) is 2.15. The van der Waals surface area contributed by atoms with Gasteiger partial charge < -0.3 is 14.8 Å². The lowest BCUT2D eigenvalue weighted by atomic mass is 10.1. The maximum Gasteiger partial charge on any atom is 0.227 e. The van der Waals surface area contributed by atoms with E-state index in [-0.39, 0.29) is 11.8 Å². The lowest BCUT2D eigenvalue weighted by Gasteiger charge is -2.25. The molecule has 0 saturated heterocycles. The third kappa shape index (κ3) is 2.90. The summed E-state index contributed by atoms with van der Waals surface area (Å²) in [6.45, 7) is 3.33. The van der Waals surface area contributed by atoms with Gasteiger partial charge in [-0.2, -0.15) is 0 Å². The molecule has 1 amide bonds. The van der Waals surface area contributed by atoms with Crippen LogP contribution in [0.15, 0.2) is 12.4 Å². The summed E-state index contributed by atoms with van der Waals surface area (Å²) in [5, 5.41) is 3.06. The predicted octanol–water partition coefficient (Wildman–Crippen LogP) is 0.767. The molecule has 1 heterocycles. The van der Waals surface area contributed by atoms with E-state index in [0.29, 0.717) is 12.6 Å². The van der Waals surface area contributed by atoms with E-state index < -0.39 is 0 Å². The number of aromatic nitrogens is 2. The Hall–Kier alpha value is -1.36. The summed E-state index contributed by atoms with van der Waals surface area (Å²) < 4.78 is 1.98. The number of aryl methyl sites for hydroxylation is 1. The number of hydrogen-bond acceptors (Lipinski definition) is 3. The summed E-state index contributed by atoms with van der Waals surface area (Å²) in [7, 11) is 3.85. The molecule has 1 N–H and O–H groups in total. The first-order valence-corrected chi connectivity index (χ1v) is 6.54. The van der Waals surface area contributed by atoms with Gasteiger partial charge in [0.05, 0.1) is 6.54 Å². The molecule has 1 aliphatic rings. The largest absolute Gasteiger partial charge is 0.337 e. The van der Waals surface area contributed by atoms with Crippen LogP contribution in [0.4, 0.5) is 0 Å². The second-order valence-corrected chi connectivity index (χ2v) is 5.11. The molecule has 5 nitrogen and oxygen atoms in total. The van der Waals surface area contributed by atoms with Gasteiger partial charge in [-0.05, 0) is 19.9 Å². The van der Waals surface area contributed by atoms with E-state index >= 15 is 0 Å².